The quantitative estimate of drug-likeness (QED) is 0.301. The molecule has 0 aliphatic carbocycles. The molecule has 4 aromatic rings. The Bertz CT molecular complexity index is 1240. The summed E-state index contributed by atoms with van der Waals surface area (Å²) >= 11 is 0. The number of para-hydroxylation sites is 1. The molecule has 178 valence electrons. The number of carbonyl (C=O) groups is 1. The number of esters is 1. The molecule has 0 fully saturated rings. The van der Waals surface area contributed by atoms with Crippen LogP contribution in [-0.2, 0) is 29.1 Å². The summed E-state index contributed by atoms with van der Waals surface area (Å²) in [5.74, 6) is 0.413. The second-order valence-corrected chi connectivity index (χ2v) is 7.77. The molecule has 5 nitrogen and oxygen atoms in total. The first-order valence-corrected chi connectivity index (χ1v) is 11.7. The standard InChI is InChI=1S/C27H27NO4.C2H6/c1-3-30-26(29)15-21-6-4-5-7-25(21)32-17-20-13-22-8-9-31-27(22)24(14-20)23-11-18(2)10-19(12-23)16-28;1-2/h4-14H,3,15-17,28H2,1-2H3;1-2H3. The predicted octanol–water partition coefficient (Wildman–Crippen LogP) is 6.58. The van der Waals surface area contributed by atoms with E-state index in [1.807, 2.05) is 44.2 Å². The van der Waals surface area contributed by atoms with E-state index in [2.05, 4.69) is 37.3 Å². The third-order valence-corrected chi connectivity index (χ3v) is 5.30. The first-order chi connectivity index (χ1) is 16.6. The lowest BCUT2D eigenvalue weighted by Gasteiger charge is -2.13. The van der Waals surface area contributed by atoms with E-state index in [4.69, 9.17) is 19.6 Å². The fourth-order valence-electron chi connectivity index (χ4n) is 3.90. The van der Waals surface area contributed by atoms with Crippen molar-refractivity contribution in [1.82, 2.24) is 0 Å². The number of carbonyl (C=O) groups excluding carboxylic acids is 1. The number of ether oxygens (including phenoxy) is 2. The monoisotopic (exact) mass is 459 g/mol. The average Bonchev–Trinajstić information content (AvgIpc) is 3.32. The molecule has 0 radical (unpaired) electrons. The maximum absolute atomic E-state index is 11.9. The molecule has 1 heterocycles. The van der Waals surface area contributed by atoms with Gasteiger partial charge in [-0.15, -0.1) is 0 Å². The number of rotatable bonds is 8. The van der Waals surface area contributed by atoms with E-state index in [1.54, 1.807) is 13.2 Å². The number of furan rings is 1. The fraction of sp³-hybridized carbons (Fsp3) is 0.276. The Hall–Kier alpha value is -3.57. The number of benzene rings is 3. The highest BCUT2D eigenvalue weighted by atomic mass is 16.5. The van der Waals surface area contributed by atoms with Gasteiger partial charge in [0.1, 0.15) is 17.9 Å². The van der Waals surface area contributed by atoms with Gasteiger partial charge in [-0.05, 0) is 60.9 Å². The van der Waals surface area contributed by atoms with Gasteiger partial charge in [-0.2, -0.15) is 0 Å². The summed E-state index contributed by atoms with van der Waals surface area (Å²) < 4.78 is 17.0. The van der Waals surface area contributed by atoms with Crippen molar-refractivity contribution in [2.24, 2.45) is 5.73 Å². The second kappa shape index (κ2) is 12.1. The Morgan fingerprint density at radius 1 is 1.00 bits per heavy atom. The van der Waals surface area contributed by atoms with Gasteiger partial charge in [-0.3, -0.25) is 4.79 Å². The second-order valence-electron chi connectivity index (χ2n) is 7.77. The maximum atomic E-state index is 11.9. The van der Waals surface area contributed by atoms with Crippen LogP contribution in [0.15, 0.2) is 71.3 Å². The zero-order valence-electron chi connectivity index (χ0n) is 20.4. The molecule has 0 aliphatic heterocycles. The lowest BCUT2D eigenvalue weighted by molar-refractivity contribution is -0.142. The third kappa shape index (κ3) is 6.06. The van der Waals surface area contributed by atoms with Crippen LogP contribution in [0.3, 0.4) is 0 Å². The van der Waals surface area contributed by atoms with Crippen LogP contribution in [0, 0.1) is 6.92 Å². The minimum Gasteiger partial charge on any atom is -0.489 e. The third-order valence-electron chi connectivity index (χ3n) is 5.30. The van der Waals surface area contributed by atoms with Crippen LogP contribution in [-0.4, -0.2) is 12.6 Å². The predicted molar refractivity (Wildman–Crippen MR) is 137 cm³/mol. The fourth-order valence-corrected chi connectivity index (χ4v) is 3.90. The first-order valence-electron chi connectivity index (χ1n) is 11.7. The van der Waals surface area contributed by atoms with Gasteiger partial charge in [-0.1, -0.05) is 49.7 Å². The highest BCUT2D eigenvalue weighted by molar-refractivity contribution is 5.93. The van der Waals surface area contributed by atoms with E-state index >= 15 is 0 Å². The zero-order valence-corrected chi connectivity index (χ0v) is 20.4. The molecular weight excluding hydrogens is 426 g/mol. The van der Waals surface area contributed by atoms with Crippen molar-refractivity contribution in [3.8, 4) is 16.9 Å². The van der Waals surface area contributed by atoms with Crippen LogP contribution in [0.4, 0.5) is 0 Å². The van der Waals surface area contributed by atoms with E-state index in [1.165, 1.54) is 0 Å². The SMILES string of the molecule is CC.CCOC(=O)Cc1ccccc1OCc1cc(-c2cc(C)cc(CN)c2)c2occc2c1. The van der Waals surface area contributed by atoms with Crippen molar-refractivity contribution in [2.45, 2.75) is 47.3 Å². The number of hydrogen-bond acceptors (Lipinski definition) is 5. The molecule has 0 unspecified atom stereocenters. The normalized spacial score (nSPS) is 10.5. The summed E-state index contributed by atoms with van der Waals surface area (Å²) in [6.07, 6.45) is 1.88. The Morgan fingerprint density at radius 2 is 1.79 bits per heavy atom. The molecule has 0 amide bonds. The molecule has 1 aromatic heterocycles. The van der Waals surface area contributed by atoms with E-state index in [-0.39, 0.29) is 12.4 Å². The van der Waals surface area contributed by atoms with Gasteiger partial charge in [-0.25, -0.2) is 0 Å². The number of hydrogen-bond donors (Lipinski definition) is 1. The minimum atomic E-state index is -0.263. The summed E-state index contributed by atoms with van der Waals surface area (Å²) in [5.41, 5.74) is 12.8. The van der Waals surface area contributed by atoms with Crippen molar-refractivity contribution in [2.75, 3.05) is 6.61 Å². The smallest absolute Gasteiger partial charge is 0.310 e. The van der Waals surface area contributed by atoms with Crippen LogP contribution in [0.1, 0.15) is 43.0 Å². The van der Waals surface area contributed by atoms with Crippen molar-refractivity contribution in [3.63, 3.8) is 0 Å². The van der Waals surface area contributed by atoms with E-state index in [0.29, 0.717) is 25.5 Å². The highest BCUT2D eigenvalue weighted by Crippen LogP contribution is 2.33. The van der Waals surface area contributed by atoms with E-state index in [0.717, 1.165) is 44.3 Å². The molecule has 0 atom stereocenters. The van der Waals surface area contributed by atoms with Gasteiger partial charge in [0.15, 0.2) is 0 Å². The van der Waals surface area contributed by atoms with Crippen LogP contribution >= 0.6 is 0 Å². The van der Waals surface area contributed by atoms with Gasteiger partial charge < -0.3 is 19.6 Å². The average molecular weight is 460 g/mol. The van der Waals surface area contributed by atoms with Crippen LogP contribution in [0.5, 0.6) is 5.75 Å². The summed E-state index contributed by atoms with van der Waals surface area (Å²) in [6, 6.07) is 20.0. The number of nitrogens with two attached hydrogens (primary N) is 1. The zero-order chi connectivity index (χ0) is 24.5. The van der Waals surface area contributed by atoms with Crippen LogP contribution in [0.2, 0.25) is 0 Å². The summed E-state index contributed by atoms with van der Waals surface area (Å²) in [7, 11) is 0. The summed E-state index contributed by atoms with van der Waals surface area (Å²) in [5, 5.41) is 1.01. The Balaban J connectivity index is 0.00000158. The van der Waals surface area contributed by atoms with Crippen LogP contribution < -0.4 is 10.5 Å². The van der Waals surface area contributed by atoms with Crippen molar-refractivity contribution < 1.29 is 18.7 Å². The lowest BCUT2D eigenvalue weighted by atomic mass is 9.97. The van der Waals surface area contributed by atoms with E-state index in [9.17, 15) is 4.79 Å². The van der Waals surface area contributed by atoms with Crippen LogP contribution in [0.25, 0.3) is 22.1 Å². The van der Waals surface area contributed by atoms with Gasteiger partial charge >= 0.3 is 5.97 Å². The number of aryl methyl sites for hydroxylation is 1. The highest BCUT2D eigenvalue weighted by Gasteiger charge is 2.13. The molecule has 4 rings (SSSR count). The molecule has 3 aromatic carbocycles. The Labute approximate surface area is 201 Å². The van der Waals surface area contributed by atoms with Gasteiger partial charge in [0.25, 0.3) is 0 Å². The summed E-state index contributed by atoms with van der Waals surface area (Å²) in [6.45, 7) is 9.07. The molecule has 0 saturated carbocycles. The largest absolute Gasteiger partial charge is 0.489 e. The maximum Gasteiger partial charge on any atom is 0.310 e. The molecule has 0 spiro atoms. The Kier molecular flexibility index (Phi) is 8.88. The molecule has 34 heavy (non-hydrogen) atoms. The molecular formula is C29H33NO4. The molecule has 0 bridgehead atoms. The van der Waals surface area contributed by atoms with Gasteiger partial charge in [0, 0.05) is 23.1 Å². The van der Waals surface area contributed by atoms with Crippen molar-refractivity contribution in [1.29, 1.82) is 0 Å². The van der Waals surface area contributed by atoms with Gasteiger partial charge in [0.05, 0.1) is 19.3 Å². The van der Waals surface area contributed by atoms with Crippen molar-refractivity contribution in [3.05, 3.63) is 89.2 Å². The number of fused-ring (bicyclic) bond motifs is 1. The van der Waals surface area contributed by atoms with Crippen molar-refractivity contribution >= 4 is 16.9 Å². The molecule has 5 heteroatoms. The molecule has 0 saturated heterocycles. The van der Waals surface area contributed by atoms with Gasteiger partial charge in [0.2, 0.25) is 0 Å². The topological polar surface area (TPSA) is 74.7 Å². The minimum absolute atomic E-state index is 0.182. The summed E-state index contributed by atoms with van der Waals surface area (Å²) in [4.78, 5) is 11.9. The molecule has 2 N–H and O–H groups in total. The lowest BCUT2D eigenvalue weighted by Crippen LogP contribution is -2.09. The first kappa shape index (κ1) is 25.1. The molecule has 0 aliphatic rings. The Morgan fingerprint density at radius 3 is 2.56 bits per heavy atom. The van der Waals surface area contributed by atoms with E-state index < -0.39 is 0 Å².